The molecule has 1 radical (unpaired) electrons. The lowest BCUT2D eigenvalue weighted by molar-refractivity contribution is 0.482. The molecule has 0 fully saturated rings. The minimum Gasteiger partial charge on any atom is -0.282 e. The zero-order valence-electron chi connectivity index (χ0n) is 8.55. The van der Waals surface area contributed by atoms with E-state index in [0.717, 1.165) is 10.8 Å². The van der Waals surface area contributed by atoms with Crippen LogP contribution in [0.1, 0.15) is 5.56 Å². The highest BCUT2D eigenvalue weighted by atomic mass is 32.2. The van der Waals surface area contributed by atoms with Crippen molar-refractivity contribution in [2.75, 3.05) is 0 Å². The quantitative estimate of drug-likeness (QED) is 0.813. The Hall–Kier alpha value is -1.39. The van der Waals surface area contributed by atoms with Crippen molar-refractivity contribution in [1.82, 2.24) is 0 Å². The van der Waals surface area contributed by atoms with Gasteiger partial charge in [0.25, 0.3) is 10.1 Å². The molecule has 0 heterocycles. The van der Waals surface area contributed by atoms with Gasteiger partial charge < -0.3 is 0 Å². The molecule has 0 amide bonds. The normalized spacial score (nSPS) is 11.9. The first-order chi connectivity index (χ1) is 7.54. The van der Waals surface area contributed by atoms with E-state index in [1.165, 1.54) is 6.07 Å². The second-order valence-corrected chi connectivity index (χ2v) is 4.88. The standard InChI is InChI=1S/C12H11O3S/c1-2-10-11-6-4-3-5-9(11)7-8-12(10)16(13,14)15/h3-8H,1-2H2,(H,13,14,15). The molecule has 0 spiro atoms. The third-order valence-electron chi connectivity index (χ3n) is 2.53. The Bertz CT molecular complexity index is 630. The monoisotopic (exact) mass is 235 g/mol. The van der Waals surface area contributed by atoms with Crippen LogP contribution in [0, 0.1) is 6.92 Å². The van der Waals surface area contributed by atoms with Gasteiger partial charge in [-0.05, 0) is 35.7 Å². The molecule has 0 bridgehead atoms. The van der Waals surface area contributed by atoms with Gasteiger partial charge in [0.1, 0.15) is 0 Å². The van der Waals surface area contributed by atoms with E-state index in [2.05, 4.69) is 6.92 Å². The number of fused-ring (bicyclic) bond motifs is 1. The molecule has 0 aliphatic carbocycles. The third kappa shape index (κ3) is 1.81. The fourth-order valence-corrected chi connectivity index (χ4v) is 2.58. The number of rotatable bonds is 2. The van der Waals surface area contributed by atoms with Crippen LogP contribution in [0.3, 0.4) is 0 Å². The van der Waals surface area contributed by atoms with Gasteiger partial charge in [-0.25, -0.2) is 0 Å². The van der Waals surface area contributed by atoms with Gasteiger partial charge in [0.05, 0.1) is 4.90 Å². The molecule has 1 N–H and O–H groups in total. The molecule has 2 aromatic rings. The van der Waals surface area contributed by atoms with E-state index in [-0.39, 0.29) is 4.90 Å². The predicted molar refractivity (Wildman–Crippen MR) is 62.8 cm³/mol. The Morgan fingerprint density at radius 2 is 1.81 bits per heavy atom. The summed E-state index contributed by atoms with van der Waals surface area (Å²) in [6.07, 6.45) is 0.316. The van der Waals surface area contributed by atoms with E-state index in [1.807, 2.05) is 24.3 Å². The minimum atomic E-state index is -4.18. The van der Waals surface area contributed by atoms with Crippen LogP contribution in [-0.2, 0) is 16.5 Å². The van der Waals surface area contributed by atoms with Gasteiger partial charge in [0.15, 0.2) is 0 Å². The minimum absolute atomic E-state index is 0.0544. The summed E-state index contributed by atoms with van der Waals surface area (Å²) >= 11 is 0. The largest absolute Gasteiger partial charge is 0.294 e. The second kappa shape index (κ2) is 3.88. The van der Waals surface area contributed by atoms with Gasteiger partial charge in [-0.1, -0.05) is 30.3 Å². The van der Waals surface area contributed by atoms with E-state index in [1.54, 1.807) is 6.07 Å². The first-order valence-corrected chi connectivity index (χ1v) is 6.25. The molecule has 4 heteroatoms. The van der Waals surface area contributed by atoms with E-state index in [9.17, 15) is 8.42 Å². The number of hydrogen-bond acceptors (Lipinski definition) is 2. The molecule has 83 valence electrons. The first kappa shape index (κ1) is 11.1. The fourth-order valence-electron chi connectivity index (χ4n) is 1.82. The molecule has 3 nitrogen and oxygen atoms in total. The van der Waals surface area contributed by atoms with Crippen LogP contribution in [0.15, 0.2) is 41.3 Å². The summed E-state index contributed by atoms with van der Waals surface area (Å²) in [5.74, 6) is 0. The summed E-state index contributed by atoms with van der Waals surface area (Å²) in [5.41, 5.74) is 0.556. The molecule has 0 aromatic heterocycles. The maximum absolute atomic E-state index is 11.2. The SMILES string of the molecule is [CH2]Cc1c(S(=O)(=O)O)ccc2ccccc12. The highest BCUT2D eigenvalue weighted by molar-refractivity contribution is 7.85. The van der Waals surface area contributed by atoms with E-state index < -0.39 is 10.1 Å². The van der Waals surface area contributed by atoms with Crippen LogP contribution >= 0.6 is 0 Å². The van der Waals surface area contributed by atoms with Gasteiger partial charge in [-0.3, -0.25) is 4.55 Å². The number of benzene rings is 2. The molecular weight excluding hydrogens is 224 g/mol. The van der Waals surface area contributed by atoms with Crippen LogP contribution in [0.5, 0.6) is 0 Å². The lowest BCUT2D eigenvalue weighted by atomic mass is 10.0. The van der Waals surface area contributed by atoms with Crippen molar-refractivity contribution in [3.05, 3.63) is 48.9 Å². The summed E-state index contributed by atoms with van der Waals surface area (Å²) < 4.78 is 31.5. The van der Waals surface area contributed by atoms with Gasteiger partial charge >= 0.3 is 0 Å². The Labute approximate surface area is 94.5 Å². The Morgan fingerprint density at radius 1 is 1.12 bits per heavy atom. The van der Waals surface area contributed by atoms with Crippen molar-refractivity contribution < 1.29 is 13.0 Å². The average Bonchev–Trinajstić information content (AvgIpc) is 2.26. The van der Waals surface area contributed by atoms with Crippen LogP contribution in [0.25, 0.3) is 10.8 Å². The molecule has 2 rings (SSSR count). The summed E-state index contributed by atoms with van der Waals surface area (Å²) in [7, 11) is -4.18. The predicted octanol–water partition coefficient (Wildman–Crippen LogP) is 2.46. The van der Waals surface area contributed by atoms with E-state index >= 15 is 0 Å². The smallest absolute Gasteiger partial charge is 0.282 e. The third-order valence-corrected chi connectivity index (χ3v) is 3.46. The van der Waals surface area contributed by atoms with Crippen molar-refractivity contribution in [3.63, 3.8) is 0 Å². The average molecular weight is 235 g/mol. The topological polar surface area (TPSA) is 54.4 Å². The van der Waals surface area contributed by atoms with Gasteiger partial charge in [0.2, 0.25) is 0 Å². The molecule has 0 aliphatic rings. The van der Waals surface area contributed by atoms with E-state index in [4.69, 9.17) is 4.55 Å². The summed E-state index contributed by atoms with van der Waals surface area (Å²) in [6.45, 7) is 3.70. The van der Waals surface area contributed by atoms with Crippen LogP contribution < -0.4 is 0 Å². The molecule has 0 unspecified atom stereocenters. The molecular formula is C12H11O3S. The van der Waals surface area contributed by atoms with Crippen molar-refractivity contribution in [1.29, 1.82) is 0 Å². The van der Waals surface area contributed by atoms with Gasteiger partial charge in [-0.15, -0.1) is 0 Å². The van der Waals surface area contributed by atoms with Crippen molar-refractivity contribution in [3.8, 4) is 0 Å². The van der Waals surface area contributed by atoms with E-state index in [0.29, 0.717) is 12.0 Å². The molecule has 2 aromatic carbocycles. The van der Waals surface area contributed by atoms with Crippen LogP contribution in [0.4, 0.5) is 0 Å². The second-order valence-electron chi connectivity index (χ2n) is 3.49. The zero-order valence-corrected chi connectivity index (χ0v) is 9.37. The lowest BCUT2D eigenvalue weighted by Crippen LogP contribution is -2.03. The Kier molecular flexibility index (Phi) is 2.69. The summed E-state index contributed by atoms with van der Waals surface area (Å²) in [6, 6.07) is 10.5. The van der Waals surface area contributed by atoms with Crippen LogP contribution in [0.2, 0.25) is 0 Å². The van der Waals surface area contributed by atoms with Crippen LogP contribution in [-0.4, -0.2) is 13.0 Å². The summed E-state index contributed by atoms with van der Waals surface area (Å²) in [4.78, 5) is -0.0544. The zero-order chi connectivity index (χ0) is 11.8. The lowest BCUT2D eigenvalue weighted by Gasteiger charge is -2.08. The van der Waals surface area contributed by atoms with Gasteiger partial charge in [-0.2, -0.15) is 8.42 Å². The molecule has 0 saturated heterocycles. The Balaban J connectivity index is 2.89. The molecule has 0 aliphatic heterocycles. The fraction of sp³-hybridized carbons (Fsp3) is 0.0833. The highest BCUT2D eigenvalue weighted by Crippen LogP contribution is 2.25. The molecule has 0 atom stereocenters. The number of hydrogen-bond donors (Lipinski definition) is 1. The highest BCUT2D eigenvalue weighted by Gasteiger charge is 2.16. The van der Waals surface area contributed by atoms with Crippen molar-refractivity contribution >= 4 is 20.9 Å². The molecule has 0 saturated carbocycles. The van der Waals surface area contributed by atoms with Gasteiger partial charge in [0, 0.05) is 0 Å². The maximum atomic E-state index is 11.2. The maximum Gasteiger partial charge on any atom is 0.294 e. The Morgan fingerprint density at radius 3 is 2.44 bits per heavy atom. The van der Waals surface area contributed by atoms with Crippen molar-refractivity contribution in [2.24, 2.45) is 0 Å². The molecule has 16 heavy (non-hydrogen) atoms. The first-order valence-electron chi connectivity index (χ1n) is 4.81. The van der Waals surface area contributed by atoms with Crippen molar-refractivity contribution in [2.45, 2.75) is 11.3 Å². The summed E-state index contributed by atoms with van der Waals surface area (Å²) in [5, 5.41) is 1.75.